The summed E-state index contributed by atoms with van der Waals surface area (Å²) in [6.07, 6.45) is 0. The van der Waals surface area contributed by atoms with E-state index in [0.29, 0.717) is 37.1 Å². The maximum atomic E-state index is 12.4. The van der Waals surface area contributed by atoms with Crippen LogP contribution >= 0.6 is 0 Å². The lowest BCUT2D eigenvalue weighted by Gasteiger charge is -2.10. The first-order valence-electron chi connectivity index (χ1n) is 9.32. The Labute approximate surface area is 170 Å². The molecule has 7 nitrogen and oxygen atoms in total. The lowest BCUT2D eigenvalue weighted by Crippen LogP contribution is -2.29. The van der Waals surface area contributed by atoms with Gasteiger partial charge in [-0.25, -0.2) is 9.97 Å². The Kier molecular flexibility index (Phi) is 7.00. The fourth-order valence-corrected chi connectivity index (χ4v) is 2.64. The molecule has 3 rings (SSSR count). The van der Waals surface area contributed by atoms with Crippen molar-refractivity contribution in [3.63, 3.8) is 0 Å². The Bertz CT molecular complexity index is 931. The molecule has 0 radical (unpaired) electrons. The lowest BCUT2D eigenvalue weighted by atomic mass is 10.2. The van der Waals surface area contributed by atoms with Gasteiger partial charge >= 0.3 is 0 Å². The van der Waals surface area contributed by atoms with Gasteiger partial charge in [0.25, 0.3) is 5.91 Å². The third kappa shape index (κ3) is 6.21. The van der Waals surface area contributed by atoms with Crippen molar-refractivity contribution in [2.24, 2.45) is 0 Å². The number of aromatic nitrogens is 2. The first kappa shape index (κ1) is 20.1. The minimum Gasteiger partial charge on any atom is -0.497 e. The molecular weight excluding hydrogens is 368 g/mol. The van der Waals surface area contributed by atoms with E-state index >= 15 is 0 Å². The normalized spacial score (nSPS) is 10.3. The number of ether oxygens (including phenoxy) is 2. The lowest BCUT2D eigenvalue weighted by molar-refractivity contribution is 0.0942. The summed E-state index contributed by atoms with van der Waals surface area (Å²) in [7, 11) is 1.61. The number of benzene rings is 2. The van der Waals surface area contributed by atoms with Gasteiger partial charge in [-0.05, 0) is 42.8 Å². The molecule has 2 aromatic carbocycles. The molecule has 0 aliphatic carbocycles. The molecule has 1 aromatic heterocycles. The summed E-state index contributed by atoms with van der Waals surface area (Å²) in [5.41, 5.74) is 2.15. The predicted molar refractivity (Wildman–Crippen MR) is 111 cm³/mol. The maximum Gasteiger partial charge on any atom is 0.270 e. The average molecular weight is 392 g/mol. The zero-order valence-electron chi connectivity index (χ0n) is 16.5. The van der Waals surface area contributed by atoms with E-state index in [1.807, 2.05) is 61.5 Å². The highest BCUT2D eigenvalue weighted by atomic mass is 16.5. The number of anilines is 1. The molecule has 0 aliphatic rings. The van der Waals surface area contributed by atoms with Crippen LogP contribution in [0.4, 0.5) is 5.95 Å². The number of aryl methyl sites for hydroxylation is 1. The van der Waals surface area contributed by atoms with Gasteiger partial charge in [-0.2, -0.15) is 0 Å². The Morgan fingerprint density at radius 3 is 2.45 bits per heavy atom. The van der Waals surface area contributed by atoms with Gasteiger partial charge in [0.15, 0.2) is 0 Å². The van der Waals surface area contributed by atoms with E-state index in [1.165, 1.54) is 0 Å². The molecule has 0 saturated heterocycles. The molecule has 0 aliphatic heterocycles. The number of hydrogen-bond acceptors (Lipinski definition) is 6. The summed E-state index contributed by atoms with van der Waals surface area (Å²) in [6, 6.07) is 18.9. The summed E-state index contributed by atoms with van der Waals surface area (Å²) in [6.45, 7) is 3.13. The van der Waals surface area contributed by atoms with Crippen molar-refractivity contribution >= 4 is 11.9 Å². The van der Waals surface area contributed by atoms with Crippen LogP contribution in [0.25, 0.3) is 0 Å². The van der Waals surface area contributed by atoms with Crippen LogP contribution in [0.5, 0.6) is 11.5 Å². The number of nitrogens with zero attached hydrogens (tertiary/aromatic N) is 2. The molecule has 7 heteroatoms. The van der Waals surface area contributed by atoms with E-state index in [2.05, 4.69) is 20.6 Å². The SMILES string of the molecule is COc1ccc(OCCNC(=O)c2cc(C)nc(NCc3ccccc3)n2)cc1. The quantitative estimate of drug-likeness (QED) is 0.544. The van der Waals surface area contributed by atoms with E-state index in [0.717, 1.165) is 17.0 Å². The van der Waals surface area contributed by atoms with Gasteiger partial charge < -0.3 is 20.1 Å². The molecule has 29 heavy (non-hydrogen) atoms. The first-order chi connectivity index (χ1) is 14.1. The molecule has 0 spiro atoms. The van der Waals surface area contributed by atoms with Crippen LogP contribution in [0.15, 0.2) is 60.7 Å². The average Bonchev–Trinajstić information content (AvgIpc) is 2.76. The highest BCUT2D eigenvalue weighted by Gasteiger charge is 2.10. The third-order valence-electron chi connectivity index (χ3n) is 4.10. The first-order valence-corrected chi connectivity index (χ1v) is 9.32. The fourth-order valence-electron chi connectivity index (χ4n) is 2.64. The summed E-state index contributed by atoms with van der Waals surface area (Å²) < 4.78 is 10.7. The van der Waals surface area contributed by atoms with Crippen molar-refractivity contribution in [1.29, 1.82) is 0 Å². The van der Waals surface area contributed by atoms with Crippen molar-refractivity contribution in [3.05, 3.63) is 77.6 Å². The van der Waals surface area contributed by atoms with Gasteiger partial charge in [-0.1, -0.05) is 30.3 Å². The van der Waals surface area contributed by atoms with Crippen molar-refractivity contribution in [2.75, 3.05) is 25.6 Å². The van der Waals surface area contributed by atoms with E-state index in [9.17, 15) is 4.79 Å². The number of carbonyl (C=O) groups is 1. The Balaban J connectivity index is 1.49. The molecule has 0 fully saturated rings. The Hall–Kier alpha value is -3.61. The molecule has 0 saturated carbocycles. The van der Waals surface area contributed by atoms with Crippen LogP contribution in [0.3, 0.4) is 0 Å². The second-order valence-corrected chi connectivity index (χ2v) is 6.34. The minimum atomic E-state index is -0.267. The summed E-state index contributed by atoms with van der Waals surface area (Å²) in [4.78, 5) is 21.1. The van der Waals surface area contributed by atoms with Crippen LogP contribution in [-0.4, -0.2) is 36.1 Å². The van der Waals surface area contributed by atoms with E-state index in [-0.39, 0.29) is 5.91 Å². The summed E-state index contributed by atoms with van der Waals surface area (Å²) in [5.74, 6) is 1.64. The zero-order chi connectivity index (χ0) is 20.5. The molecule has 150 valence electrons. The van der Waals surface area contributed by atoms with Gasteiger partial charge in [0, 0.05) is 12.2 Å². The molecule has 0 bridgehead atoms. The number of hydrogen-bond donors (Lipinski definition) is 2. The van der Waals surface area contributed by atoms with Crippen LogP contribution in [-0.2, 0) is 6.54 Å². The van der Waals surface area contributed by atoms with Crippen LogP contribution < -0.4 is 20.1 Å². The molecule has 2 N–H and O–H groups in total. The largest absolute Gasteiger partial charge is 0.497 e. The maximum absolute atomic E-state index is 12.4. The van der Waals surface area contributed by atoms with Crippen LogP contribution in [0.1, 0.15) is 21.7 Å². The number of rotatable bonds is 9. The monoisotopic (exact) mass is 392 g/mol. The Morgan fingerprint density at radius 2 is 1.72 bits per heavy atom. The van der Waals surface area contributed by atoms with Crippen molar-refractivity contribution in [3.8, 4) is 11.5 Å². The van der Waals surface area contributed by atoms with E-state index in [4.69, 9.17) is 9.47 Å². The molecule has 0 unspecified atom stereocenters. The molecule has 1 amide bonds. The minimum absolute atomic E-state index is 0.267. The van der Waals surface area contributed by atoms with E-state index < -0.39 is 0 Å². The van der Waals surface area contributed by atoms with Gasteiger partial charge in [-0.15, -0.1) is 0 Å². The Morgan fingerprint density at radius 1 is 1.00 bits per heavy atom. The van der Waals surface area contributed by atoms with E-state index in [1.54, 1.807) is 13.2 Å². The van der Waals surface area contributed by atoms with Gasteiger partial charge in [0.05, 0.1) is 13.7 Å². The summed E-state index contributed by atoms with van der Waals surface area (Å²) in [5, 5.41) is 5.97. The topological polar surface area (TPSA) is 85.4 Å². The molecule has 0 atom stereocenters. The molecule has 3 aromatic rings. The molecule has 1 heterocycles. The number of nitrogens with one attached hydrogen (secondary N) is 2. The molecular formula is C22H24N4O3. The highest BCUT2D eigenvalue weighted by molar-refractivity contribution is 5.92. The number of carbonyl (C=O) groups excluding carboxylic acids is 1. The standard InChI is InChI=1S/C22H24N4O3/c1-16-14-20(26-22(25-16)24-15-17-6-4-3-5-7-17)21(27)23-12-13-29-19-10-8-18(28-2)9-11-19/h3-11,14H,12-13,15H2,1-2H3,(H,23,27)(H,24,25,26). The van der Waals surface area contributed by atoms with Crippen LogP contribution in [0, 0.1) is 6.92 Å². The van der Waals surface area contributed by atoms with Gasteiger partial charge in [-0.3, -0.25) is 4.79 Å². The third-order valence-corrected chi connectivity index (χ3v) is 4.10. The van der Waals surface area contributed by atoms with Gasteiger partial charge in [0.1, 0.15) is 23.8 Å². The van der Waals surface area contributed by atoms with Gasteiger partial charge in [0.2, 0.25) is 5.95 Å². The number of methoxy groups -OCH3 is 1. The van der Waals surface area contributed by atoms with Crippen LogP contribution in [0.2, 0.25) is 0 Å². The predicted octanol–water partition coefficient (Wildman–Crippen LogP) is 3.21. The van der Waals surface area contributed by atoms with Crippen molar-refractivity contribution in [1.82, 2.24) is 15.3 Å². The fraction of sp³-hybridized carbons (Fsp3) is 0.227. The smallest absolute Gasteiger partial charge is 0.270 e. The highest BCUT2D eigenvalue weighted by Crippen LogP contribution is 2.16. The number of amides is 1. The van der Waals surface area contributed by atoms with Crippen molar-refractivity contribution < 1.29 is 14.3 Å². The summed E-state index contributed by atoms with van der Waals surface area (Å²) >= 11 is 0. The second-order valence-electron chi connectivity index (χ2n) is 6.34. The second kappa shape index (κ2) is 10.1. The van der Waals surface area contributed by atoms with Crippen molar-refractivity contribution in [2.45, 2.75) is 13.5 Å². The zero-order valence-corrected chi connectivity index (χ0v) is 16.5.